The fourth-order valence-electron chi connectivity index (χ4n) is 1.81. The fraction of sp³-hybridized carbons (Fsp3) is 0.429. The third kappa shape index (κ3) is 4.70. The first-order chi connectivity index (χ1) is 9.95. The van der Waals surface area contributed by atoms with E-state index in [0.717, 1.165) is 6.42 Å². The molecule has 1 aromatic carbocycles. The van der Waals surface area contributed by atoms with Gasteiger partial charge in [-0.2, -0.15) is 8.78 Å². The van der Waals surface area contributed by atoms with E-state index >= 15 is 0 Å². The van der Waals surface area contributed by atoms with Crippen LogP contribution in [0.5, 0.6) is 5.75 Å². The highest BCUT2D eigenvalue weighted by atomic mass is 19.3. The first-order valence-electron chi connectivity index (χ1n) is 6.47. The molecule has 0 unspecified atom stereocenters. The summed E-state index contributed by atoms with van der Waals surface area (Å²) in [6, 6.07) is 5.44. The minimum absolute atomic E-state index is 0.00264. The molecule has 0 bridgehead atoms. The van der Waals surface area contributed by atoms with Crippen molar-refractivity contribution >= 4 is 17.6 Å². The van der Waals surface area contributed by atoms with Crippen LogP contribution in [-0.4, -0.2) is 25.1 Å². The summed E-state index contributed by atoms with van der Waals surface area (Å²) in [5.41, 5.74) is 0.400. The van der Waals surface area contributed by atoms with Crippen molar-refractivity contribution in [2.75, 3.05) is 11.9 Å². The standard InChI is InChI=1S/C14H15F2NO4/c1-8-6-11(8)13(19)20-7-12(18)17-9-2-4-10(5-3-9)21-14(15)16/h2-5,8,11,14H,6-7H2,1H3,(H,17,18)/t8-,11-/m0/s1. The van der Waals surface area contributed by atoms with Crippen LogP contribution in [0.25, 0.3) is 0 Å². The molecule has 1 aliphatic rings. The highest BCUT2D eigenvalue weighted by Crippen LogP contribution is 2.38. The topological polar surface area (TPSA) is 64.6 Å². The highest BCUT2D eigenvalue weighted by molar-refractivity contribution is 5.93. The Hall–Kier alpha value is -2.18. The zero-order valence-electron chi connectivity index (χ0n) is 11.3. The second-order valence-corrected chi connectivity index (χ2v) is 4.88. The lowest BCUT2D eigenvalue weighted by atomic mass is 10.3. The van der Waals surface area contributed by atoms with Gasteiger partial charge in [0.05, 0.1) is 5.92 Å². The molecule has 7 heteroatoms. The maximum Gasteiger partial charge on any atom is 0.387 e. The summed E-state index contributed by atoms with van der Waals surface area (Å²) in [4.78, 5) is 23.0. The quantitative estimate of drug-likeness (QED) is 0.819. The highest BCUT2D eigenvalue weighted by Gasteiger charge is 2.40. The van der Waals surface area contributed by atoms with Crippen LogP contribution < -0.4 is 10.1 Å². The first-order valence-corrected chi connectivity index (χ1v) is 6.47. The number of ether oxygens (including phenoxy) is 2. The third-order valence-corrected chi connectivity index (χ3v) is 3.12. The zero-order valence-corrected chi connectivity index (χ0v) is 11.3. The van der Waals surface area contributed by atoms with E-state index in [2.05, 4.69) is 10.1 Å². The van der Waals surface area contributed by atoms with Crippen LogP contribution in [0.1, 0.15) is 13.3 Å². The molecule has 0 heterocycles. The molecule has 1 N–H and O–H groups in total. The van der Waals surface area contributed by atoms with E-state index in [1.54, 1.807) is 0 Å². The number of halogens is 2. The maximum absolute atomic E-state index is 12.0. The lowest BCUT2D eigenvalue weighted by Gasteiger charge is -2.08. The third-order valence-electron chi connectivity index (χ3n) is 3.12. The Balaban J connectivity index is 1.75. The van der Waals surface area contributed by atoms with Crippen LogP contribution >= 0.6 is 0 Å². The Labute approximate surface area is 120 Å². The number of esters is 1. The van der Waals surface area contributed by atoms with E-state index in [0.29, 0.717) is 11.6 Å². The molecular formula is C14H15F2NO4. The van der Waals surface area contributed by atoms with Crippen LogP contribution in [0, 0.1) is 11.8 Å². The average molecular weight is 299 g/mol. The minimum Gasteiger partial charge on any atom is -0.455 e. The monoisotopic (exact) mass is 299 g/mol. The molecule has 1 fully saturated rings. The molecular weight excluding hydrogens is 284 g/mol. The maximum atomic E-state index is 12.0. The summed E-state index contributed by atoms with van der Waals surface area (Å²) in [5, 5.41) is 2.49. The summed E-state index contributed by atoms with van der Waals surface area (Å²) >= 11 is 0. The second-order valence-electron chi connectivity index (χ2n) is 4.88. The molecule has 0 spiro atoms. The Bertz CT molecular complexity index is 518. The van der Waals surface area contributed by atoms with Crippen molar-refractivity contribution in [2.24, 2.45) is 11.8 Å². The van der Waals surface area contributed by atoms with Gasteiger partial charge in [0.15, 0.2) is 6.61 Å². The average Bonchev–Trinajstić information content (AvgIpc) is 3.15. The molecule has 21 heavy (non-hydrogen) atoms. The predicted octanol–water partition coefficient (Wildman–Crippen LogP) is 2.43. The van der Waals surface area contributed by atoms with Crippen LogP contribution in [0.4, 0.5) is 14.5 Å². The number of carbonyl (C=O) groups excluding carboxylic acids is 2. The SMILES string of the molecule is C[C@H]1C[C@@H]1C(=O)OCC(=O)Nc1ccc(OC(F)F)cc1. The van der Waals surface area contributed by atoms with Gasteiger partial charge in [0.25, 0.3) is 5.91 Å². The van der Waals surface area contributed by atoms with Crippen molar-refractivity contribution < 1.29 is 27.8 Å². The predicted molar refractivity (Wildman–Crippen MR) is 69.9 cm³/mol. The number of benzene rings is 1. The van der Waals surface area contributed by atoms with Crippen LogP contribution in [0.2, 0.25) is 0 Å². The molecule has 1 aromatic rings. The van der Waals surface area contributed by atoms with Gasteiger partial charge in [-0.1, -0.05) is 6.92 Å². The lowest BCUT2D eigenvalue weighted by Crippen LogP contribution is -2.21. The van der Waals surface area contributed by atoms with E-state index in [1.807, 2.05) is 6.92 Å². The molecule has 0 aliphatic heterocycles. The zero-order chi connectivity index (χ0) is 15.4. The van der Waals surface area contributed by atoms with E-state index < -0.39 is 12.5 Å². The number of carbonyl (C=O) groups is 2. The van der Waals surface area contributed by atoms with Crippen LogP contribution in [-0.2, 0) is 14.3 Å². The number of amides is 1. The van der Waals surface area contributed by atoms with Crippen molar-refractivity contribution in [3.05, 3.63) is 24.3 Å². The molecule has 1 amide bonds. The van der Waals surface area contributed by atoms with Crippen molar-refractivity contribution in [3.8, 4) is 5.75 Å². The van der Waals surface area contributed by atoms with Crippen molar-refractivity contribution in [1.82, 2.24) is 0 Å². The molecule has 0 radical (unpaired) electrons. The Morgan fingerprint density at radius 2 is 1.95 bits per heavy atom. The largest absolute Gasteiger partial charge is 0.455 e. The van der Waals surface area contributed by atoms with Gasteiger partial charge in [-0.25, -0.2) is 0 Å². The molecule has 1 aliphatic carbocycles. The van der Waals surface area contributed by atoms with Crippen LogP contribution in [0.3, 0.4) is 0 Å². The summed E-state index contributed by atoms with van der Waals surface area (Å²) in [6.07, 6.45) is 0.798. The fourth-order valence-corrected chi connectivity index (χ4v) is 1.81. The van der Waals surface area contributed by atoms with E-state index in [-0.39, 0.29) is 24.2 Å². The number of hydrogen-bond acceptors (Lipinski definition) is 4. The molecule has 5 nitrogen and oxygen atoms in total. The van der Waals surface area contributed by atoms with Gasteiger partial charge in [0, 0.05) is 5.69 Å². The normalized spacial score (nSPS) is 20.0. The smallest absolute Gasteiger partial charge is 0.387 e. The van der Waals surface area contributed by atoms with Crippen molar-refractivity contribution in [1.29, 1.82) is 0 Å². The summed E-state index contributed by atoms with van der Waals surface area (Å²) < 4.78 is 33.0. The van der Waals surface area contributed by atoms with Crippen molar-refractivity contribution in [2.45, 2.75) is 20.0 Å². The molecule has 1 saturated carbocycles. The number of rotatable bonds is 6. The van der Waals surface area contributed by atoms with Gasteiger partial charge in [-0.05, 0) is 36.6 Å². The summed E-state index contributed by atoms with van der Waals surface area (Å²) in [7, 11) is 0. The number of anilines is 1. The van der Waals surface area contributed by atoms with Gasteiger partial charge < -0.3 is 14.8 Å². The molecule has 0 saturated heterocycles. The Morgan fingerprint density at radius 1 is 1.33 bits per heavy atom. The minimum atomic E-state index is -2.89. The van der Waals surface area contributed by atoms with Gasteiger partial charge >= 0.3 is 12.6 Å². The number of hydrogen-bond donors (Lipinski definition) is 1. The summed E-state index contributed by atoms with van der Waals surface area (Å²) in [5.74, 6) is -0.624. The number of alkyl halides is 2. The van der Waals surface area contributed by atoms with Crippen LogP contribution in [0.15, 0.2) is 24.3 Å². The molecule has 114 valence electrons. The lowest BCUT2D eigenvalue weighted by molar-refractivity contribution is -0.148. The van der Waals surface area contributed by atoms with Crippen molar-refractivity contribution in [3.63, 3.8) is 0 Å². The van der Waals surface area contributed by atoms with Gasteiger partial charge in [-0.15, -0.1) is 0 Å². The Kier molecular flexibility index (Phi) is 4.72. The van der Waals surface area contributed by atoms with E-state index in [4.69, 9.17) is 4.74 Å². The Morgan fingerprint density at radius 3 is 2.48 bits per heavy atom. The second kappa shape index (κ2) is 6.51. The first kappa shape index (κ1) is 15.2. The number of nitrogens with one attached hydrogen (secondary N) is 1. The summed E-state index contributed by atoms with van der Waals surface area (Å²) in [6.45, 7) is -1.32. The van der Waals surface area contributed by atoms with Gasteiger partial charge in [0.1, 0.15) is 5.75 Å². The molecule has 2 atom stereocenters. The van der Waals surface area contributed by atoms with Gasteiger partial charge in [0.2, 0.25) is 0 Å². The van der Waals surface area contributed by atoms with E-state index in [1.165, 1.54) is 24.3 Å². The molecule has 2 rings (SSSR count). The van der Waals surface area contributed by atoms with Gasteiger partial charge in [-0.3, -0.25) is 9.59 Å². The van der Waals surface area contributed by atoms with E-state index in [9.17, 15) is 18.4 Å². The molecule has 0 aromatic heterocycles.